The van der Waals surface area contributed by atoms with Crippen molar-refractivity contribution < 1.29 is 9.47 Å². The first-order valence-corrected chi connectivity index (χ1v) is 18.7. The van der Waals surface area contributed by atoms with E-state index in [1.807, 2.05) is 81.6 Å². The van der Waals surface area contributed by atoms with Crippen LogP contribution in [0.1, 0.15) is 71.4 Å². The highest BCUT2D eigenvalue weighted by Crippen LogP contribution is 2.35. The van der Waals surface area contributed by atoms with E-state index in [-0.39, 0.29) is 5.41 Å². The van der Waals surface area contributed by atoms with E-state index in [2.05, 4.69) is 119 Å². The number of aryl methyl sites for hydroxylation is 3. The maximum atomic E-state index is 6.12. The van der Waals surface area contributed by atoms with Gasteiger partial charge in [-0.2, -0.15) is 0 Å². The highest BCUT2D eigenvalue weighted by atomic mass is 16.5. The Morgan fingerprint density at radius 1 is 0.491 bits per heavy atom. The summed E-state index contributed by atoms with van der Waals surface area (Å²) in [6.45, 7) is 10.6. The van der Waals surface area contributed by atoms with Gasteiger partial charge in [0.05, 0.1) is 0 Å². The zero-order chi connectivity index (χ0) is 38.6. The van der Waals surface area contributed by atoms with Crippen LogP contribution in [-0.2, 0) is 24.7 Å². The molecule has 0 aliphatic carbocycles. The smallest absolute Gasteiger partial charge is 0.127 e. The van der Waals surface area contributed by atoms with Crippen LogP contribution in [0.15, 0.2) is 146 Å². The molecule has 0 aliphatic heterocycles. The minimum atomic E-state index is -0.166. The van der Waals surface area contributed by atoms with Crippen molar-refractivity contribution in [2.45, 2.75) is 59.3 Å². The predicted octanol–water partition coefficient (Wildman–Crippen LogP) is 11.3. The fraction of sp³-hybridized carbons (Fsp3) is 0.208. The Morgan fingerprint density at radius 2 is 0.855 bits per heavy atom. The summed E-state index contributed by atoms with van der Waals surface area (Å²) in [5, 5.41) is 3.10. The van der Waals surface area contributed by atoms with Gasteiger partial charge < -0.3 is 14.8 Å². The Labute approximate surface area is 325 Å². The molecule has 2 aromatic heterocycles. The summed E-state index contributed by atoms with van der Waals surface area (Å²) in [4.78, 5) is 16.9. The second-order valence-corrected chi connectivity index (χ2v) is 14.1. The molecule has 0 saturated heterocycles. The minimum absolute atomic E-state index is 0.166. The minimum Gasteiger partial charge on any atom is -0.457 e. The normalized spacial score (nSPS) is 10.9. The third-order valence-electron chi connectivity index (χ3n) is 9.61. The van der Waals surface area contributed by atoms with Gasteiger partial charge >= 0.3 is 0 Å². The number of aromatic nitrogens is 4. The van der Waals surface area contributed by atoms with Crippen LogP contribution in [-0.4, -0.2) is 27.0 Å². The predicted molar refractivity (Wildman–Crippen MR) is 223 cm³/mol. The Kier molecular flexibility index (Phi) is 12.7. The Balaban J connectivity index is 0.000000268. The maximum absolute atomic E-state index is 6.12. The summed E-state index contributed by atoms with van der Waals surface area (Å²) in [5.41, 5.74) is 11.2. The van der Waals surface area contributed by atoms with Crippen LogP contribution >= 0.6 is 0 Å². The molecule has 0 unspecified atom stereocenters. The van der Waals surface area contributed by atoms with Crippen molar-refractivity contribution in [1.82, 2.24) is 19.9 Å². The lowest BCUT2D eigenvalue weighted by atomic mass is 9.78. The summed E-state index contributed by atoms with van der Waals surface area (Å²) in [6, 6.07) is 45.6. The van der Waals surface area contributed by atoms with Crippen LogP contribution in [0, 0.1) is 13.8 Å². The summed E-state index contributed by atoms with van der Waals surface area (Å²) in [5.74, 6) is 3.31. The number of anilines is 1. The van der Waals surface area contributed by atoms with Gasteiger partial charge in [-0.25, -0.2) is 19.9 Å². The van der Waals surface area contributed by atoms with Gasteiger partial charge in [0.15, 0.2) is 0 Å². The second-order valence-electron chi connectivity index (χ2n) is 14.1. The van der Waals surface area contributed by atoms with E-state index in [1.54, 1.807) is 12.7 Å². The SMILES string of the molecule is CCc1ccc(Oc2ccc(C(C)(C)c3ccc(Oc4ccc(Cc5cc(C)ncn5)cc4)cc3)cc2)cc1.CNc1ccc(Cc2cc(C)ncn2)cc1. The van der Waals surface area contributed by atoms with Gasteiger partial charge in [-0.15, -0.1) is 0 Å². The molecule has 0 radical (unpaired) electrons. The number of hydrogen-bond acceptors (Lipinski definition) is 7. The molecule has 7 aromatic rings. The molecule has 0 saturated carbocycles. The second kappa shape index (κ2) is 18.1. The van der Waals surface area contributed by atoms with E-state index in [9.17, 15) is 0 Å². The fourth-order valence-corrected chi connectivity index (χ4v) is 6.21. The van der Waals surface area contributed by atoms with Crippen molar-refractivity contribution in [2.75, 3.05) is 12.4 Å². The summed E-state index contributed by atoms with van der Waals surface area (Å²) in [7, 11) is 1.92. The molecule has 0 spiro atoms. The third kappa shape index (κ3) is 10.9. The zero-order valence-electron chi connectivity index (χ0n) is 32.6. The van der Waals surface area contributed by atoms with E-state index in [1.165, 1.54) is 27.8 Å². The maximum Gasteiger partial charge on any atom is 0.127 e. The molecule has 7 rings (SSSR count). The van der Waals surface area contributed by atoms with Gasteiger partial charge in [0.2, 0.25) is 0 Å². The summed E-state index contributed by atoms with van der Waals surface area (Å²) in [6.07, 6.45) is 5.88. The molecular weight excluding hydrogens is 679 g/mol. The molecule has 5 aromatic carbocycles. The zero-order valence-corrected chi connectivity index (χ0v) is 32.6. The van der Waals surface area contributed by atoms with Crippen molar-refractivity contribution in [3.63, 3.8) is 0 Å². The highest BCUT2D eigenvalue weighted by molar-refractivity contribution is 5.45. The molecule has 1 N–H and O–H groups in total. The third-order valence-corrected chi connectivity index (χ3v) is 9.61. The first-order chi connectivity index (χ1) is 26.7. The lowest BCUT2D eigenvalue weighted by molar-refractivity contribution is 0.481. The average molecular weight is 728 g/mol. The van der Waals surface area contributed by atoms with E-state index in [4.69, 9.17) is 9.47 Å². The number of nitrogens with one attached hydrogen (secondary N) is 1. The molecule has 278 valence electrons. The lowest BCUT2D eigenvalue weighted by Crippen LogP contribution is -2.18. The van der Waals surface area contributed by atoms with Crippen molar-refractivity contribution in [1.29, 1.82) is 0 Å². The monoisotopic (exact) mass is 727 g/mol. The van der Waals surface area contributed by atoms with E-state index in [0.717, 1.165) is 70.7 Å². The van der Waals surface area contributed by atoms with E-state index < -0.39 is 0 Å². The first kappa shape index (κ1) is 38.4. The van der Waals surface area contributed by atoms with E-state index in [0.29, 0.717) is 0 Å². The largest absolute Gasteiger partial charge is 0.457 e. The standard InChI is InChI=1S/C35H34N2O2.C13H15N3/c1-5-26-6-14-31(15-7-26)38-33-18-10-28(11-19-33)35(3,4)29-12-20-34(21-13-29)39-32-16-8-27(9-17-32)23-30-22-25(2)36-24-37-30;1-10-7-13(16-9-15-10)8-11-3-5-12(14-2)6-4-11/h6-22,24H,5,23H2,1-4H3;3-7,9,14H,8H2,1-2H3. The number of nitrogens with zero attached hydrogens (tertiary/aromatic N) is 4. The van der Waals surface area contributed by atoms with Gasteiger partial charge in [0.1, 0.15) is 35.7 Å². The van der Waals surface area contributed by atoms with Crippen LogP contribution in [0.2, 0.25) is 0 Å². The Bertz CT molecular complexity index is 2250. The molecule has 55 heavy (non-hydrogen) atoms. The number of benzene rings is 5. The number of ether oxygens (including phenoxy) is 2. The number of rotatable bonds is 12. The van der Waals surface area contributed by atoms with Crippen molar-refractivity contribution >= 4 is 5.69 Å². The molecule has 0 fully saturated rings. The topological polar surface area (TPSA) is 82.0 Å². The van der Waals surface area contributed by atoms with Crippen LogP contribution < -0.4 is 14.8 Å². The van der Waals surface area contributed by atoms with Crippen molar-refractivity contribution in [3.8, 4) is 23.0 Å². The number of hydrogen-bond donors (Lipinski definition) is 1. The van der Waals surface area contributed by atoms with E-state index >= 15 is 0 Å². The van der Waals surface area contributed by atoms with Gasteiger partial charge in [0.25, 0.3) is 0 Å². The van der Waals surface area contributed by atoms with Gasteiger partial charge in [-0.3, -0.25) is 0 Å². The van der Waals surface area contributed by atoms with Crippen LogP contribution in [0.4, 0.5) is 5.69 Å². The summed E-state index contributed by atoms with van der Waals surface area (Å²) < 4.78 is 12.2. The Morgan fingerprint density at radius 3 is 1.22 bits per heavy atom. The Hall–Kier alpha value is -6.34. The van der Waals surface area contributed by atoms with Crippen LogP contribution in [0.5, 0.6) is 23.0 Å². The van der Waals surface area contributed by atoms with Crippen LogP contribution in [0.3, 0.4) is 0 Å². The highest BCUT2D eigenvalue weighted by Gasteiger charge is 2.23. The molecule has 0 aliphatic rings. The first-order valence-electron chi connectivity index (χ1n) is 18.7. The van der Waals surface area contributed by atoms with Gasteiger partial charge in [-0.1, -0.05) is 81.4 Å². The molecule has 7 nitrogen and oxygen atoms in total. The molecule has 0 atom stereocenters. The molecule has 7 heteroatoms. The van der Waals surface area contributed by atoms with Crippen molar-refractivity contribution in [3.05, 3.63) is 197 Å². The lowest BCUT2D eigenvalue weighted by Gasteiger charge is -2.26. The summed E-state index contributed by atoms with van der Waals surface area (Å²) >= 11 is 0. The average Bonchev–Trinajstić information content (AvgIpc) is 3.20. The van der Waals surface area contributed by atoms with Gasteiger partial charge in [-0.05, 0) is 121 Å². The quantitative estimate of drug-likeness (QED) is 0.134. The molecule has 0 bridgehead atoms. The molecule has 2 heterocycles. The van der Waals surface area contributed by atoms with Crippen LogP contribution in [0.25, 0.3) is 0 Å². The fourth-order valence-electron chi connectivity index (χ4n) is 6.21. The van der Waals surface area contributed by atoms with Crippen molar-refractivity contribution in [2.24, 2.45) is 0 Å². The molecular formula is C48H49N5O2. The molecule has 0 amide bonds. The van der Waals surface area contributed by atoms with Gasteiger partial charge in [0, 0.05) is 53.8 Å².